The molecule has 0 saturated carbocycles. The average Bonchev–Trinajstić information content (AvgIpc) is 1.81. The molecule has 0 unspecified atom stereocenters. The van der Waals surface area contributed by atoms with Crippen LogP contribution < -0.4 is 0 Å². The zero-order chi connectivity index (χ0) is 8.15. The molecule has 0 aromatic heterocycles. The van der Waals surface area contributed by atoms with E-state index < -0.39 is 5.97 Å². The van der Waals surface area contributed by atoms with Gasteiger partial charge in [0.1, 0.15) is 5.25 Å². The Morgan fingerprint density at radius 3 is 2.20 bits per heavy atom. The first-order chi connectivity index (χ1) is 4.59. The number of carboxylic acid groups (broad SMARTS) is 1. The zero-order valence-corrected chi connectivity index (χ0v) is 7.44. The first kappa shape index (κ1) is 9.82. The van der Waals surface area contributed by atoms with Crippen molar-refractivity contribution in [3.63, 3.8) is 0 Å². The first-order valence-corrected chi connectivity index (χ1v) is 4.48. The van der Waals surface area contributed by atoms with Gasteiger partial charge in [0.05, 0.1) is 0 Å². The summed E-state index contributed by atoms with van der Waals surface area (Å²) in [5, 5.41) is 8.42. The van der Waals surface area contributed by atoms with Gasteiger partial charge in [-0.1, -0.05) is 20.8 Å². The van der Waals surface area contributed by atoms with E-state index in [4.69, 9.17) is 5.11 Å². The minimum Gasteiger partial charge on any atom is -0.480 e. The fraction of sp³-hybridized carbons (Fsp3) is 0.857. The molecule has 1 N–H and O–H groups in total. The van der Waals surface area contributed by atoms with Crippen molar-refractivity contribution in [1.29, 1.82) is 0 Å². The number of hydrogen-bond acceptors (Lipinski definition) is 2. The van der Waals surface area contributed by atoms with Crippen LogP contribution in [0.5, 0.6) is 0 Å². The predicted molar refractivity (Wildman–Crippen MR) is 44.4 cm³/mol. The second kappa shape index (κ2) is 4.61. The lowest BCUT2D eigenvalue weighted by Gasteiger charge is -2.13. The molecule has 3 heteroatoms. The monoisotopic (exact) mass is 162 g/mol. The Bertz CT molecular complexity index is 112. The van der Waals surface area contributed by atoms with Crippen molar-refractivity contribution in [2.24, 2.45) is 5.92 Å². The summed E-state index contributed by atoms with van der Waals surface area (Å²) in [6.45, 7) is 5.84. The van der Waals surface area contributed by atoms with Crippen LogP contribution in [0.2, 0.25) is 0 Å². The molecule has 0 bridgehead atoms. The van der Waals surface area contributed by atoms with Gasteiger partial charge < -0.3 is 5.11 Å². The number of hydrogen-bond donors (Lipinski definition) is 1. The lowest BCUT2D eigenvalue weighted by atomic mass is 10.1. The van der Waals surface area contributed by atoms with Gasteiger partial charge in [-0.05, 0) is 11.7 Å². The van der Waals surface area contributed by atoms with Crippen LogP contribution >= 0.6 is 11.8 Å². The Labute approximate surface area is 66.0 Å². The normalized spacial score (nSPS) is 13.6. The molecule has 0 amide bonds. The molecule has 0 aliphatic carbocycles. The molecule has 0 aliphatic rings. The fourth-order valence-electron chi connectivity index (χ4n) is 0.728. The van der Waals surface area contributed by atoms with Crippen LogP contribution in [0, 0.1) is 5.92 Å². The Morgan fingerprint density at radius 1 is 1.60 bits per heavy atom. The van der Waals surface area contributed by atoms with Gasteiger partial charge in [0.25, 0.3) is 0 Å². The average molecular weight is 162 g/mol. The highest BCUT2D eigenvalue weighted by Gasteiger charge is 2.20. The third-order valence-corrected chi connectivity index (χ3v) is 2.63. The third kappa shape index (κ3) is 3.11. The molecule has 0 aromatic carbocycles. The van der Waals surface area contributed by atoms with E-state index in [0.29, 0.717) is 0 Å². The van der Waals surface area contributed by atoms with Crippen molar-refractivity contribution >= 4 is 17.7 Å². The van der Waals surface area contributed by atoms with Gasteiger partial charge >= 0.3 is 5.97 Å². The number of aliphatic carboxylic acids is 1. The van der Waals surface area contributed by atoms with Crippen LogP contribution in [-0.4, -0.2) is 22.1 Å². The molecular weight excluding hydrogens is 148 g/mol. The number of carboxylic acids is 1. The highest BCUT2D eigenvalue weighted by Crippen LogP contribution is 2.18. The molecule has 0 spiro atoms. The molecule has 0 aliphatic heterocycles. The Kier molecular flexibility index (Phi) is 4.52. The van der Waals surface area contributed by atoms with Crippen molar-refractivity contribution in [2.45, 2.75) is 26.0 Å². The van der Waals surface area contributed by atoms with Gasteiger partial charge in [-0.3, -0.25) is 4.79 Å². The van der Waals surface area contributed by atoms with E-state index in [0.717, 1.165) is 5.75 Å². The van der Waals surface area contributed by atoms with Gasteiger partial charge in [0.15, 0.2) is 0 Å². The molecule has 0 rings (SSSR count). The summed E-state index contributed by atoms with van der Waals surface area (Å²) in [6.07, 6.45) is 0. The maximum Gasteiger partial charge on any atom is 0.316 e. The van der Waals surface area contributed by atoms with E-state index in [-0.39, 0.29) is 11.2 Å². The molecule has 0 aromatic rings. The Balaban J connectivity index is 3.85. The molecule has 1 atom stereocenters. The number of carbonyl (C=O) groups is 1. The van der Waals surface area contributed by atoms with Crippen LogP contribution in [0.25, 0.3) is 0 Å². The smallest absolute Gasteiger partial charge is 0.316 e. The lowest BCUT2D eigenvalue weighted by molar-refractivity contribution is -0.137. The van der Waals surface area contributed by atoms with Crippen molar-refractivity contribution in [3.05, 3.63) is 0 Å². The second-order valence-electron chi connectivity index (χ2n) is 2.46. The summed E-state index contributed by atoms with van der Waals surface area (Å²) in [5.74, 6) is 0.402. The SMILES string of the molecule is CCS[C@H](C(=O)O)C(C)C. The van der Waals surface area contributed by atoms with E-state index >= 15 is 0 Å². The minimum absolute atomic E-state index is 0.224. The van der Waals surface area contributed by atoms with Crippen LogP contribution in [0.1, 0.15) is 20.8 Å². The summed E-state index contributed by atoms with van der Waals surface area (Å²) in [5.41, 5.74) is 0. The van der Waals surface area contributed by atoms with Crippen molar-refractivity contribution in [2.75, 3.05) is 5.75 Å². The molecule has 60 valence electrons. The Morgan fingerprint density at radius 2 is 2.10 bits per heavy atom. The molecule has 0 fully saturated rings. The van der Waals surface area contributed by atoms with Crippen LogP contribution in [0.4, 0.5) is 0 Å². The van der Waals surface area contributed by atoms with Crippen LogP contribution in [0.15, 0.2) is 0 Å². The summed E-state index contributed by atoms with van der Waals surface area (Å²) < 4.78 is 0. The van der Waals surface area contributed by atoms with Gasteiger partial charge in [-0.2, -0.15) is 0 Å². The van der Waals surface area contributed by atoms with E-state index in [9.17, 15) is 4.79 Å². The molecule has 2 nitrogen and oxygen atoms in total. The van der Waals surface area contributed by atoms with E-state index in [1.54, 1.807) is 0 Å². The molecular formula is C7H14O2S. The van der Waals surface area contributed by atoms with Crippen LogP contribution in [-0.2, 0) is 4.79 Å². The largest absolute Gasteiger partial charge is 0.480 e. The quantitative estimate of drug-likeness (QED) is 0.685. The van der Waals surface area contributed by atoms with E-state index in [2.05, 4.69) is 0 Å². The van der Waals surface area contributed by atoms with E-state index in [1.165, 1.54) is 11.8 Å². The maximum absolute atomic E-state index is 10.5. The first-order valence-electron chi connectivity index (χ1n) is 3.44. The predicted octanol–water partition coefficient (Wildman–Crippen LogP) is 1.85. The number of thioether (sulfide) groups is 1. The van der Waals surface area contributed by atoms with Crippen molar-refractivity contribution < 1.29 is 9.90 Å². The fourth-order valence-corrected chi connectivity index (χ4v) is 1.62. The lowest BCUT2D eigenvalue weighted by Crippen LogP contribution is -2.22. The highest BCUT2D eigenvalue weighted by molar-refractivity contribution is 8.00. The summed E-state index contributed by atoms with van der Waals surface area (Å²) in [7, 11) is 0. The van der Waals surface area contributed by atoms with Gasteiger partial charge in [0.2, 0.25) is 0 Å². The molecule has 0 heterocycles. The molecule has 0 radical (unpaired) electrons. The number of rotatable bonds is 4. The van der Waals surface area contributed by atoms with Crippen molar-refractivity contribution in [3.8, 4) is 0 Å². The van der Waals surface area contributed by atoms with Gasteiger partial charge in [-0.25, -0.2) is 0 Å². The maximum atomic E-state index is 10.5. The highest BCUT2D eigenvalue weighted by atomic mass is 32.2. The second-order valence-corrected chi connectivity index (χ2v) is 3.88. The van der Waals surface area contributed by atoms with E-state index in [1.807, 2.05) is 20.8 Å². The topological polar surface area (TPSA) is 37.3 Å². The van der Waals surface area contributed by atoms with Crippen LogP contribution in [0.3, 0.4) is 0 Å². The summed E-state index contributed by atoms with van der Waals surface area (Å²) in [4.78, 5) is 10.5. The summed E-state index contributed by atoms with van der Waals surface area (Å²) in [6, 6.07) is 0. The molecule has 10 heavy (non-hydrogen) atoms. The van der Waals surface area contributed by atoms with Gasteiger partial charge in [0, 0.05) is 0 Å². The summed E-state index contributed by atoms with van der Waals surface area (Å²) >= 11 is 1.49. The molecule has 0 saturated heterocycles. The third-order valence-electron chi connectivity index (χ3n) is 1.20. The standard InChI is InChI=1S/C7H14O2S/c1-4-10-6(5(2)3)7(8)9/h5-6H,4H2,1-3H3,(H,8,9)/t6-/m0/s1. The van der Waals surface area contributed by atoms with Gasteiger partial charge in [-0.15, -0.1) is 11.8 Å². The minimum atomic E-state index is -0.693. The van der Waals surface area contributed by atoms with Crippen molar-refractivity contribution in [1.82, 2.24) is 0 Å². The zero-order valence-electron chi connectivity index (χ0n) is 6.63. The Hall–Kier alpha value is -0.180.